The maximum atomic E-state index is 13.1. The summed E-state index contributed by atoms with van der Waals surface area (Å²) >= 11 is 0. The number of hydrogen-bond acceptors (Lipinski definition) is 5. The molecular weight excluding hydrogens is 382 g/mol. The first kappa shape index (κ1) is 20.6. The second-order valence-electron chi connectivity index (χ2n) is 9.45. The van der Waals surface area contributed by atoms with Crippen molar-refractivity contribution in [1.29, 1.82) is 0 Å². The molecule has 160 valence electrons. The quantitative estimate of drug-likeness (QED) is 0.552. The van der Waals surface area contributed by atoms with Gasteiger partial charge in [0.1, 0.15) is 18.2 Å². The van der Waals surface area contributed by atoms with Crippen molar-refractivity contribution in [3.05, 3.63) is 47.5 Å². The summed E-state index contributed by atoms with van der Waals surface area (Å²) in [5.41, 5.74) is 0.833. The van der Waals surface area contributed by atoms with E-state index in [0.717, 1.165) is 18.4 Å². The van der Waals surface area contributed by atoms with Gasteiger partial charge in [0, 0.05) is 5.57 Å². The predicted octanol–water partition coefficient (Wildman–Crippen LogP) is 4.03. The summed E-state index contributed by atoms with van der Waals surface area (Å²) in [6.07, 6.45) is 4.84. The van der Waals surface area contributed by atoms with Crippen LogP contribution < -0.4 is 0 Å². The lowest BCUT2D eigenvalue weighted by Crippen LogP contribution is -2.65. The van der Waals surface area contributed by atoms with Gasteiger partial charge in [0.25, 0.3) is 0 Å². The molecule has 0 radical (unpaired) electrons. The Hall–Kier alpha value is -2.63. The van der Waals surface area contributed by atoms with Gasteiger partial charge in [0.2, 0.25) is 0 Å². The fraction of sp³-hybridized carbons (Fsp3) is 0.542. The highest BCUT2D eigenvalue weighted by molar-refractivity contribution is 6.05. The molecular formula is C24H29NO5. The highest BCUT2D eigenvalue weighted by Gasteiger charge is 2.56. The number of allylic oxidation sites excluding steroid dienone is 1. The Labute approximate surface area is 177 Å². The summed E-state index contributed by atoms with van der Waals surface area (Å²) < 4.78 is 11.2. The van der Waals surface area contributed by atoms with E-state index in [1.807, 2.05) is 36.4 Å². The first-order valence-corrected chi connectivity index (χ1v) is 10.7. The molecule has 1 aromatic carbocycles. The topological polar surface area (TPSA) is 72.9 Å². The summed E-state index contributed by atoms with van der Waals surface area (Å²) in [4.78, 5) is 40.8. The van der Waals surface area contributed by atoms with Crippen LogP contribution in [0.5, 0.6) is 0 Å². The van der Waals surface area contributed by atoms with Gasteiger partial charge in [0.15, 0.2) is 5.78 Å². The molecule has 0 aromatic heterocycles. The predicted molar refractivity (Wildman–Crippen MR) is 110 cm³/mol. The molecule has 6 heteroatoms. The van der Waals surface area contributed by atoms with Crippen molar-refractivity contribution in [1.82, 2.24) is 4.90 Å². The number of amides is 1. The third-order valence-electron chi connectivity index (χ3n) is 5.85. The number of esters is 1. The van der Waals surface area contributed by atoms with Crippen LogP contribution in [0.3, 0.4) is 0 Å². The smallest absolute Gasteiger partial charge is 0.411 e. The zero-order valence-corrected chi connectivity index (χ0v) is 17.8. The molecule has 4 fully saturated rings. The summed E-state index contributed by atoms with van der Waals surface area (Å²) in [6.45, 7) is 5.49. The third-order valence-corrected chi connectivity index (χ3v) is 5.85. The monoisotopic (exact) mass is 411 g/mol. The molecule has 2 bridgehead atoms. The van der Waals surface area contributed by atoms with Crippen LogP contribution in [-0.4, -0.2) is 40.4 Å². The molecule has 0 spiro atoms. The SMILES string of the molecule is CC(C)(C)OC(=O)N1[C@H]2CC[C@H](C(=O)/C2=C/C2CC2)[C@@H]1C(=O)OCc1ccccc1. The second-order valence-corrected chi connectivity index (χ2v) is 9.45. The number of ether oxygens (including phenoxy) is 2. The van der Waals surface area contributed by atoms with Crippen LogP contribution in [0, 0.1) is 11.8 Å². The Morgan fingerprint density at radius 3 is 2.43 bits per heavy atom. The van der Waals surface area contributed by atoms with E-state index in [-0.39, 0.29) is 12.4 Å². The van der Waals surface area contributed by atoms with Gasteiger partial charge in [-0.3, -0.25) is 9.69 Å². The maximum Gasteiger partial charge on any atom is 0.411 e. The van der Waals surface area contributed by atoms with Gasteiger partial charge >= 0.3 is 12.1 Å². The minimum Gasteiger partial charge on any atom is -0.459 e. The standard InChI is InChI=1S/C24H29NO5/c1-24(2,3)30-23(28)25-19-12-11-17(21(26)18(19)13-15-9-10-15)20(25)22(27)29-14-16-7-5-4-6-8-16/h4-8,13,15,17,19-20H,9-12,14H2,1-3H3/b18-13+/t17-,19-,20+/m0/s1. The normalized spacial score (nSPS) is 27.3. The Morgan fingerprint density at radius 1 is 1.10 bits per heavy atom. The molecule has 2 saturated carbocycles. The Morgan fingerprint density at radius 2 is 1.80 bits per heavy atom. The zero-order valence-electron chi connectivity index (χ0n) is 17.8. The lowest BCUT2D eigenvalue weighted by Gasteiger charge is -2.49. The highest BCUT2D eigenvalue weighted by atomic mass is 16.6. The molecule has 2 aliphatic carbocycles. The van der Waals surface area contributed by atoms with Gasteiger partial charge in [-0.25, -0.2) is 9.59 Å². The molecule has 2 saturated heterocycles. The Balaban J connectivity index is 1.60. The Kier molecular flexibility index (Phi) is 5.43. The lowest BCUT2D eigenvalue weighted by molar-refractivity contribution is -0.161. The van der Waals surface area contributed by atoms with Crippen molar-refractivity contribution in [3.63, 3.8) is 0 Å². The van der Waals surface area contributed by atoms with Gasteiger partial charge in [0.05, 0.1) is 12.0 Å². The van der Waals surface area contributed by atoms with Crippen LogP contribution in [0.15, 0.2) is 42.0 Å². The average molecular weight is 411 g/mol. The number of carbonyl (C=O) groups excluding carboxylic acids is 3. The van der Waals surface area contributed by atoms with E-state index in [1.165, 1.54) is 4.90 Å². The van der Waals surface area contributed by atoms with Gasteiger partial charge in [-0.15, -0.1) is 0 Å². The molecule has 30 heavy (non-hydrogen) atoms. The van der Waals surface area contributed by atoms with Crippen molar-refractivity contribution in [3.8, 4) is 0 Å². The van der Waals surface area contributed by atoms with E-state index in [0.29, 0.717) is 24.3 Å². The summed E-state index contributed by atoms with van der Waals surface area (Å²) in [5, 5.41) is 0. The zero-order chi connectivity index (χ0) is 21.5. The molecule has 6 nitrogen and oxygen atoms in total. The largest absolute Gasteiger partial charge is 0.459 e. The van der Waals surface area contributed by atoms with E-state index in [9.17, 15) is 14.4 Å². The number of hydrogen-bond donors (Lipinski definition) is 0. The number of carbonyl (C=O) groups is 3. The minimum absolute atomic E-state index is 0.0142. The second kappa shape index (κ2) is 7.89. The van der Waals surface area contributed by atoms with Crippen LogP contribution in [-0.2, 0) is 25.7 Å². The molecule has 0 unspecified atom stereocenters. The van der Waals surface area contributed by atoms with Gasteiger partial charge in [-0.05, 0) is 57.9 Å². The molecule has 1 aromatic rings. The fourth-order valence-corrected chi connectivity index (χ4v) is 4.34. The van der Waals surface area contributed by atoms with Crippen LogP contribution in [0.4, 0.5) is 4.79 Å². The number of Topliss-reactive ketones (excluding diaryl/α,β-unsaturated/α-hetero) is 1. The molecule has 1 amide bonds. The highest BCUT2D eigenvalue weighted by Crippen LogP contribution is 2.44. The maximum absolute atomic E-state index is 13.1. The van der Waals surface area contributed by atoms with Crippen molar-refractivity contribution in [2.75, 3.05) is 0 Å². The fourth-order valence-electron chi connectivity index (χ4n) is 4.34. The van der Waals surface area contributed by atoms with Gasteiger partial charge in [-0.2, -0.15) is 0 Å². The number of fused-ring (bicyclic) bond motifs is 3. The molecule has 4 aliphatic rings. The van der Waals surface area contributed by atoms with E-state index >= 15 is 0 Å². The number of nitrogens with zero attached hydrogens (tertiary/aromatic N) is 1. The van der Waals surface area contributed by atoms with Crippen molar-refractivity contribution in [2.45, 2.75) is 70.7 Å². The molecule has 0 N–H and O–H groups in total. The lowest BCUT2D eigenvalue weighted by atomic mass is 9.70. The summed E-state index contributed by atoms with van der Waals surface area (Å²) in [5.74, 6) is -0.721. The molecule has 5 rings (SSSR count). The van der Waals surface area contributed by atoms with Gasteiger partial charge in [-0.1, -0.05) is 36.4 Å². The minimum atomic E-state index is -0.939. The number of benzene rings is 1. The first-order valence-electron chi connectivity index (χ1n) is 10.7. The van der Waals surface area contributed by atoms with Gasteiger partial charge < -0.3 is 9.47 Å². The third kappa shape index (κ3) is 4.27. The average Bonchev–Trinajstić information content (AvgIpc) is 3.51. The summed E-state index contributed by atoms with van der Waals surface area (Å²) in [7, 11) is 0. The molecule has 2 aliphatic heterocycles. The van der Waals surface area contributed by atoms with E-state index in [2.05, 4.69) is 0 Å². The van der Waals surface area contributed by atoms with Crippen LogP contribution >= 0.6 is 0 Å². The van der Waals surface area contributed by atoms with Crippen LogP contribution in [0.25, 0.3) is 0 Å². The van der Waals surface area contributed by atoms with E-state index < -0.39 is 35.7 Å². The number of rotatable bonds is 4. The van der Waals surface area contributed by atoms with E-state index in [4.69, 9.17) is 9.47 Å². The van der Waals surface area contributed by atoms with Crippen LogP contribution in [0.2, 0.25) is 0 Å². The number of piperidine rings is 2. The first-order chi connectivity index (χ1) is 14.2. The van der Waals surface area contributed by atoms with Crippen molar-refractivity contribution < 1.29 is 23.9 Å². The van der Waals surface area contributed by atoms with Crippen molar-refractivity contribution in [2.24, 2.45) is 11.8 Å². The number of ketones is 1. The van der Waals surface area contributed by atoms with Crippen LogP contribution in [0.1, 0.15) is 52.0 Å². The van der Waals surface area contributed by atoms with Crippen molar-refractivity contribution >= 4 is 17.8 Å². The Bertz CT molecular complexity index is 865. The molecule has 3 atom stereocenters. The summed E-state index contributed by atoms with van der Waals surface area (Å²) in [6, 6.07) is 8.01. The molecule has 2 heterocycles. The van der Waals surface area contributed by atoms with E-state index in [1.54, 1.807) is 20.8 Å².